The molecule has 0 fully saturated rings. The van der Waals surface area contributed by atoms with Crippen molar-refractivity contribution in [3.05, 3.63) is 105 Å². The van der Waals surface area contributed by atoms with Gasteiger partial charge in [0.2, 0.25) is 0 Å². The molecule has 0 saturated carbocycles. The molecule has 0 saturated heterocycles. The molecule has 1 heterocycles. The van der Waals surface area contributed by atoms with Crippen molar-refractivity contribution in [1.82, 2.24) is 9.78 Å². The maximum Gasteiger partial charge on any atom is 0.194 e. The summed E-state index contributed by atoms with van der Waals surface area (Å²) in [5.74, 6) is -0.264. The number of nitrogens with zero attached hydrogens (tertiary/aromatic N) is 2. The van der Waals surface area contributed by atoms with Crippen molar-refractivity contribution in [2.75, 3.05) is 12.0 Å². The van der Waals surface area contributed by atoms with E-state index in [1.54, 1.807) is 43.3 Å². The molecule has 0 bridgehead atoms. The molecule has 39 heavy (non-hydrogen) atoms. The van der Waals surface area contributed by atoms with Gasteiger partial charge in [0, 0.05) is 29.3 Å². The van der Waals surface area contributed by atoms with Crippen LogP contribution in [0.4, 0.5) is 10.2 Å². The second kappa shape index (κ2) is 9.98. The Morgan fingerprint density at radius 3 is 2.59 bits per heavy atom. The summed E-state index contributed by atoms with van der Waals surface area (Å²) < 4.78 is 45.8. The van der Waals surface area contributed by atoms with Gasteiger partial charge in [-0.1, -0.05) is 29.8 Å². The first-order valence-electron chi connectivity index (χ1n) is 12.0. The average Bonchev–Trinajstić information content (AvgIpc) is 3.41. The standard InChI is InChI=1S/C29H25ClFN3O4S/c1-16-7-18-9-20(10-19(18)11-21(16)15-39(3,36)37)28(35)25-14-33-34(29(25)32)27-17(2)8-24(13-26(27)31)38-23-6-4-5-22(30)12-23/h4-9,11-14H,10,15,32H2,1-3H3. The lowest BCUT2D eigenvalue weighted by molar-refractivity contribution is 0.103. The van der Waals surface area contributed by atoms with Crippen molar-refractivity contribution >= 4 is 39.1 Å². The number of Topliss-reactive ketones (excluding diaryl/α,β-unsaturated/α-hetero) is 1. The Balaban J connectivity index is 1.41. The third kappa shape index (κ3) is 5.46. The summed E-state index contributed by atoms with van der Waals surface area (Å²) in [5, 5.41) is 4.72. The van der Waals surface area contributed by atoms with Gasteiger partial charge in [-0.05, 0) is 72.0 Å². The molecule has 0 unspecified atom stereocenters. The Labute approximate surface area is 230 Å². The second-order valence-corrected chi connectivity index (χ2v) is 12.3. The Kier molecular flexibility index (Phi) is 6.82. The average molecular weight is 566 g/mol. The normalized spacial score (nSPS) is 12.8. The SMILES string of the molecule is Cc1cc2c(cc1CS(C)(=O)=O)CC(C(=O)c1cnn(-c3c(C)cc(Oc4cccc(Cl)c4)cc3F)c1N)=C2. The molecule has 3 aromatic carbocycles. The predicted molar refractivity (Wildman–Crippen MR) is 150 cm³/mol. The van der Waals surface area contributed by atoms with Crippen molar-refractivity contribution in [3.8, 4) is 17.2 Å². The molecule has 5 rings (SSSR count). The summed E-state index contributed by atoms with van der Waals surface area (Å²) in [6.07, 6.45) is 4.63. The van der Waals surface area contributed by atoms with Gasteiger partial charge in [-0.15, -0.1) is 0 Å². The predicted octanol–water partition coefficient (Wildman–Crippen LogP) is 6.02. The number of carbonyl (C=O) groups excluding carboxylic acids is 1. The van der Waals surface area contributed by atoms with Crippen LogP contribution in [0.25, 0.3) is 11.8 Å². The molecule has 4 aromatic rings. The zero-order chi connectivity index (χ0) is 28.1. The number of allylic oxidation sites excluding steroid dienone is 1. The summed E-state index contributed by atoms with van der Waals surface area (Å²) in [6.45, 7) is 3.54. The molecule has 10 heteroatoms. The zero-order valence-electron chi connectivity index (χ0n) is 21.5. The summed E-state index contributed by atoms with van der Waals surface area (Å²) in [4.78, 5) is 13.4. The molecule has 1 aliphatic carbocycles. The Morgan fingerprint density at radius 1 is 1.13 bits per heavy atom. The molecular weight excluding hydrogens is 541 g/mol. The highest BCUT2D eigenvalue weighted by atomic mass is 35.5. The molecule has 200 valence electrons. The monoisotopic (exact) mass is 565 g/mol. The highest BCUT2D eigenvalue weighted by Crippen LogP contribution is 2.34. The van der Waals surface area contributed by atoms with E-state index in [4.69, 9.17) is 22.1 Å². The van der Waals surface area contributed by atoms with Crippen LogP contribution in [0.2, 0.25) is 5.02 Å². The number of ether oxygens (including phenoxy) is 1. The molecule has 0 amide bonds. The quantitative estimate of drug-likeness (QED) is 0.275. The highest BCUT2D eigenvalue weighted by molar-refractivity contribution is 7.89. The minimum Gasteiger partial charge on any atom is -0.457 e. The Bertz CT molecular complexity index is 1770. The Morgan fingerprint density at radius 2 is 1.90 bits per heavy atom. The fraction of sp³-hybridized carbons (Fsp3) is 0.172. The van der Waals surface area contributed by atoms with E-state index >= 15 is 4.39 Å². The third-order valence-corrected chi connectivity index (χ3v) is 7.61. The van der Waals surface area contributed by atoms with Crippen LogP contribution in [-0.4, -0.2) is 30.2 Å². The van der Waals surface area contributed by atoms with Crippen molar-refractivity contribution < 1.29 is 22.3 Å². The Hall–Kier alpha value is -3.95. The largest absolute Gasteiger partial charge is 0.457 e. The molecule has 1 aliphatic rings. The van der Waals surface area contributed by atoms with E-state index in [-0.39, 0.29) is 34.4 Å². The number of hydrogen-bond donors (Lipinski definition) is 1. The van der Waals surface area contributed by atoms with Gasteiger partial charge in [-0.2, -0.15) is 5.10 Å². The van der Waals surface area contributed by atoms with Crippen LogP contribution in [-0.2, 0) is 22.0 Å². The zero-order valence-corrected chi connectivity index (χ0v) is 23.0. The fourth-order valence-corrected chi connectivity index (χ4v) is 5.78. The highest BCUT2D eigenvalue weighted by Gasteiger charge is 2.26. The minimum atomic E-state index is -3.20. The first kappa shape index (κ1) is 26.6. The lowest BCUT2D eigenvalue weighted by Crippen LogP contribution is -2.10. The van der Waals surface area contributed by atoms with E-state index in [1.807, 2.05) is 19.1 Å². The van der Waals surface area contributed by atoms with Crippen LogP contribution in [0.1, 0.15) is 38.2 Å². The molecule has 0 aliphatic heterocycles. The van der Waals surface area contributed by atoms with Gasteiger partial charge in [0.25, 0.3) is 0 Å². The summed E-state index contributed by atoms with van der Waals surface area (Å²) in [5.41, 5.74) is 10.8. The number of fused-ring (bicyclic) bond motifs is 1. The molecule has 2 N–H and O–H groups in total. The van der Waals surface area contributed by atoms with Gasteiger partial charge in [-0.25, -0.2) is 17.5 Å². The van der Waals surface area contributed by atoms with Crippen molar-refractivity contribution in [3.63, 3.8) is 0 Å². The first-order chi connectivity index (χ1) is 18.4. The number of rotatable bonds is 7. The number of benzene rings is 3. The van der Waals surface area contributed by atoms with Crippen LogP contribution in [0.5, 0.6) is 11.5 Å². The first-order valence-corrected chi connectivity index (χ1v) is 14.5. The van der Waals surface area contributed by atoms with Gasteiger partial charge in [0.15, 0.2) is 21.4 Å². The molecule has 0 radical (unpaired) electrons. The van der Waals surface area contributed by atoms with Gasteiger partial charge in [0.1, 0.15) is 23.0 Å². The van der Waals surface area contributed by atoms with E-state index in [0.29, 0.717) is 33.9 Å². The lowest BCUT2D eigenvalue weighted by Gasteiger charge is -2.13. The third-order valence-electron chi connectivity index (χ3n) is 6.54. The lowest BCUT2D eigenvalue weighted by atomic mass is 10.0. The van der Waals surface area contributed by atoms with Gasteiger partial charge in [-0.3, -0.25) is 4.79 Å². The number of hydrogen-bond acceptors (Lipinski definition) is 6. The molecule has 0 spiro atoms. The van der Waals surface area contributed by atoms with Crippen molar-refractivity contribution in [2.24, 2.45) is 0 Å². The number of aromatic nitrogens is 2. The van der Waals surface area contributed by atoms with Crippen LogP contribution < -0.4 is 10.5 Å². The van der Waals surface area contributed by atoms with Gasteiger partial charge < -0.3 is 10.5 Å². The molecule has 0 atom stereocenters. The number of anilines is 1. The number of halogens is 2. The molecular formula is C29H25ClFN3O4S. The smallest absolute Gasteiger partial charge is 0.194 e. The number of nitrogens with two attached hydrogens (primary N) is 1. The summed E-state index contributed by atoms with van der Waals surface area (Å²) in [7, 11) is -3.20. The van der Waals surface area contributed by atoms with E-state index in [1.165, 1.54) is 23.2 Å². The van der Waals surface area contributed by atoms with Crippen LogP contribution in [0.3, 0.4) is 0 Å². The summed E-state index contributed by atoms with van der Waals surface area (Å²) in [6, 6.07) is 13.4. The minimum absolute atomic E-state index is 0.0105. The number of carbonyl (C=O) groups is 1. The van der Waals surface area contributed by atoms with Gasteiger partial charge in [0.05, 0.1) is 17.5 Å². The number of aryl methyl sites for hydroxylation is 2. The number of sulfone groups is 1. The van der Waals surface area contributed by atoms with E-state index < -0.39 is 15.7 Å². The van der Waals surface area contributed by atoms with Crippen LogP contribution >= 0.6 is 11.6 Å². The maximum absolute atomic E-state index is 15.3. The topological polar surface area (TPSA) is 104 Å². The number of nitrogen functional groups attached to an aromatic ring is 1. The fourth-order valence-electron chi connectivity index (χ4n) is 4.72. The van der Waals surface area contributed by atoms with Crippen LogP contribution in [0.15, 0.2) is 60.3 Å². The van der Waals surface area contributed by atoms with Gasteiger partial charge >= 0.3 is 0 Å². The van der Waals surface area contributed by atoms with E-state index in [9.17, 15) is 13.2 Å². The second-order valence-electron chi connectivity index (χ2n) is 9.71. The molecule has 7 nitrogen and oxygen atoms in total. The van der Waals surface area contributed by atoms with Crippen molar-refractivity contribution in [1.29, 1.82) is 0 Å². The molecule has 1 aromatic heterocycles. The summed E-state index contributed by atoms with van der Waals surface area (Å²) >= 11 is 6.00. The van der Waals surface area contributed by atoms with E-state index in [0.717, 1.165) is 16.7 Å². The van der Waals surface area contributed by atoms with Crippen LogP contribution in [0, 0.1) is 19.7 Å². The maximum atomic E-state index is 15.3. The van der Waals surface area contributed by atoms with Crippen molar-refractivity contribution in [2.45, 2.75) is 26.0 Å². The number of ketones is 1. The van der Waals surface area contributed by atoms with E-state index in [2.05, 4.69) is 5.10 Å².